The molecule has 10 nitrogen and oxygen atoms in total. The van der Waals surface area contributed by atoms with Crippen molar-refractivity contribution in [2.45, 2.75) is 28.7 Å². The van der Waals surface area contributed by atoms with Crippen LogP contribution in [0.3, 0.4) is 0 Å². The summed E-state index contributed by atoms with van der Waals surface area (Å²) in [4.78, 5) is 27.2. The van der Waals surface area contributed by atoms with Crippen LogP contribution in [0.5, 0.6) is 5.75 Å². The number of halogens is 1. The molecule has 3 aromatic rings. The van der Waals surface area contributed by atoms with E-state index in [2.05, 4.69) is 0 Å². The van der Waals surface area contributed by atoms with Gasteiger partial charge in [0.15, 0.2) is 0 Å². The van der Waals surface area contributed by atoms with Crippen molar-refractivity contribution in [2.75, 3.05) is 18.6 Å². The van der Waals surface area contributed by atoms with Gasteiger partial charge >= 0.3 is 0 Å². The van der Waals surface area contributed by atoms with Gasteiger partial charge < -0.3 is 4.74 Å². The third kappa shape index (κ3) is 5.74. The van der Waals surface area contributed by atoms with Crippen molar-refractivity contribution < 1.29 is 31.2 Å². The summed E-state index contributed by atoms with van der Waals surface area (Å²) in [7, 11) is -6.64. The summed E-state index contributed by atoms with van der Waals surface area (Å²) < 4.78 is 56.6. The normalized spacial score (nSPS) is 16.3. The summed E-state index contributed by atoms with van der Waals surface area (Å²) >= 11 is 5.93. The van der Waals surface area contributed by atoms with Crippen LogP contribution in [0, 0.1) is 0 Å². The second-order valence-electron chi connectivity index (χ2n) is 8.49. The Morgan fingerprint density at radius 2 is 1.50 bits per heavy atom. The van der Waals surface area contributed by atoms with Gasteiger partial charge in [-0.05, 0) is 72.6 Å². The Balaban J connectivity index is 1.67. The molecule has 1 heterocycles. The SMILES string of the molecule is COc1ccc(N2C(=O)CC(N(CCc3ccc(S(N)(=O)=O)cc3)S(=O)(=O)c3ccc(Cl)cc3)C2=O)cc1. The number of rotatable bonds is 9. The Bertz CT molecular complexity index is 1560. The van der Waals surface area contributed by atoms with Gasteiger partial charge in [-0.3, -0.25) is 9.59 Å². The fourth-order valence-corrected chi connectivity index (χ4v) is 6.34. The molecule has 38 heavy (non-hydrogen) atoms. The number of sulfonamides is 2. The lowest BCUT2D eigenvalue weighted by Gasteiger charge is -2.27. The zero-order chi connectivity index (χ0) is 27.7. The van der Waals surface area contributed by atoms with Gasteiger partial charge in [-0.15, -0.1) is 0 Å². The van der Waals surface area contributed by atoms with E-state index in [1.165, 1.54) is 55.6 Å². The third-order valence-corrected chi connectivity index (χ3v) is 9.20. The van der Waals surface area contributed by atoms with Crippen LogP contribution in [0.15, 0.2) is 82.6 Å². The minimum atomic E-state index is -4.24. The molecule has 4 rings (SSSR count). The maximum absolute atomic E-state index is 13.7. The summed E-state index contributed by atoms with van der Waals surface area (Å²) in [5.41, 5.74) is 0.906. The van der Waals surface area contributed by atoms with E-state index in [1.54, 1.807) is 24.3 Å². The lowest BCUT2D eigenvalue weighted by Crippen LogP contribution is -2.46. The van der Waals surface area contributed by atoms with Crippen molar-refractivity contribution in [3.05, 3.63) is 83.4 Å². The van der Waals surface area contributed by atoms with Gasteiger partial charge in [0.25, 0.3) is 5.91 Å². The average molecular weight is 578 g/mol. The maximum Gasteiger partial charge on any atom is 0.252 e. The van der Waals surface area contributed by atoms with E-state index >= 15 is 0 Å². The van der Waals surface area contributed by atoms with Crippen molar-refractivity contribution in [1.82, 2.24) is 4.31 Å². The molecule has 0 aliphatic carbocycles. The number of carbonyl (C=O) groups excluding carboxylic acids is 2. The highest BCUT2D eigenvalue weighted by Crippen LogP contribution is 2.31. The fraction of sp³-hybridized carbons (Fsp3) is 0.200. The Kier molecular flexibility index (Phi) is 7.90. The van der Waals surface area contributed by atoms with Crippen molar-refractivity contribution in [3.63, 3.8) is 0 Å². The van der Waals surface area contributed by atoms with Gasteiger partial charge in [0.1, 0.15) is 11.8 Å². The summed E-state index contributed by atoms with van der Waals surface area (Å²) in [5.74, 6) is -0.689. The van der Waals surface area contributed by atoms with Crippen LogP contribution in [0.25, 0.3) is 0 Å². The molecule has 2 N–H and O–H groups in total. The van der Waals surface area contributed by atoms with Gasteiger partial charge in [0.2, 0.25) is 26.0 Å². The first-order valence-corrected chi connectivity index (χ1v) is 14.7. The minimum absolute atomic E-state index is 0.0846. The molecule has 1 fully saturated rings. The average Bonchev–Trinajstić information content (AvgIpc) is 3.17. The molecule has 1 aliphatic rings. The summed E-state index contributed by atoms with van der Waals surface area (Å²) in [6.07, 6.45) is -0.208. The van der Waals surface area contributed by atoms with E-state index in [0.29, 0.717) is 22.0 Å². The molecule has 1 unspecified atom stereocenters. The number of carbonyl (C=O) groups is 2. The van der Waals surface area contributed by atoms with Gasteiger partial charge in [0.05, 0.1) is 29.0 Å². The predicted molar refractivity (Wildman–Crippen MR) is 141 cm³/mol. The Hall–Kier alpha value is -3.29. The first-order chi connectivity index (χ1) is 17.9. The number of hydrogen-bond acceptors (Lipinski definition) is 7. The van der Waals surface area contributed by atoms with E-state index < -0.39 is 37.9 Å². The zero-order valence-electron chi connectivity index (χ0n) is 20.2. The monoisotopic (exact) mass is 577 g/mol. The van der Waals surface area contributed by atoms with Gasteiger partial charge in [-0.25, -0.2) is 26.9 Å². The molecule has 2 amide bonds. The summed E-state index contributed by atoms with van der Waals surface area (Å²) in [6.45, 7) is -0.153. The van der Waals surface area contributed by atoms with Crippen molar-refractivity contribution in [2.24, 2.45) is 5.14 Å². The van der Waals surface area contributed by atoms with E-state index in [1.807, 2.05) is 0 Å². The largest absolute Gasteiger partial charge is 0.497 e. The van der Waals surface area contributed by atoms with Crippen LogP contribution >= 0.6 is 11.6 Å². The molecule has 0 aromatic heterocycles. The highest BCUT2D eigenvalue weighted by atomic mass is 35.5. The number of primary sulfonamides is 1. The van der Waals surface area contributed by atoms with Crippen LogP contribution < -0.4 is 14.8 Å². The molecule has 1 atom stereocenters. The molecule has 3 aromatic carbocycles. The quantitative estimate of drug-likeness (QED) is 0.385. The molecular formula is C25H24ClN3O7S2. The number of ether oxygens (including phenoxy) is 1. The number of nitrogens with zero attached hydrogens (tertiary/aromatic N) is 2. The highest BCUT2D eigenvalue weighted by Gasteiger charge is 2.46. The molecule has 0 spiro atoms. The summed E-state index contributed by atoms with van der Waals surface area (Å²) in [6, 6.07) is 16.1. The topological polar surface area (TPSA) is 144 Å². The van der Waals surface area contributed by atoms with Gasteiger partial charge in [-0.1, -0.05) is 23.7 Å². The number of anilines is 1. The van der Waals surface area contributed by atoms with Gasteiger partial charge in [-0.2, -0.15) is 4.31 Å². The van der Waals surface area contributed by atoms with Crippen molar-refractivity contribution in [3.8, 4) is 5.75 Å². The molecule has 1 aliphatic heterocycles. The predicted octanol–water partition coefficient (Wildman–Crippen LogP) is 2.56. The van der Waals surface area contributed by atoms with Crippen molar-refractivity contribution >= 4 is 49.1 Å². The van der Waals surface area contributed by atoms with Gasteiger partial charge in [0, 0.05) is 11.6 Å². The lowest BCUT2D eigenvalue weighted by molar-refractivity contribution is -0.122. The molecule has 200 valence electrons. The number of nitrogens with two attached hydrogens (primary N) is 1. The van der Waals surface area contributed by atoms with Crippen molar-refractivity contribution in [1.29, 1.82) is 0 Å². The number of imide groups is 1. The first-order valence-electron chi connectivity index (χ1n) is 11.3. The number of methoxy groups -OCH3 is 1. The van der Waals surface area contributed by atoms with Crippen LogP contribution in [-0.4, -0.2) is 52.7 Å². The molecule has 1 saturated heterocycles. The minimum Gasteiger partial charge on any atom is -0.497 e. The fourth-order valence-electron chi connectivity index (χ4n) is 4.11. The molecule has 0 bridgehead atoms. The molecule has 0 radical (unpaired) electrons. The Morgan fingerprint density at radius 1 is 0.921 bits per heavy atom. The Morgan fingerprint density at radius 3 is 2.05 bits per heavy atom. The maximum atomic E-state index is 13.7. The van der Waals surface area contributed by atoms with Crippen LogP contribution in [0.2, 0.25) is 5.02 Å². The van der Waals surface area contributed by atoms with Crippen LogP contribution in [0.1, 0.15) is 12.0 Å². The highest BCUT2D eigenvalue weighted by molar-refractivity contribution is 7.89. The van der Waals surface area contributed by atoms with E-state index in [4.69, 9.17) is 21.5 Å². The standard InChI is InChI=1S/C25H24ClN3O7S2/c1-36-20-8-6-19(7-9-20)29-24(30)16-23(25(29)31)28(38(34,35)22-12-4-18(26)5-13-22)15-14-17-2-10-21(11-3-17)37(27,32)33/h2-13,23H,14-16H2,1H3,(H2,27,32,33). The molecular weight excluding hydrogens is 554 g/mol. The van der Waals surface area contributed by atoms with E-state index in [0.717, 1.165) is 9.21 Å². The number of amides is 2. The summed E-state index contributed by atoms with van der Waals surface area (Å²) in [5, 5.41) is 5.48. The Labute approximate surface area is 225 Å². The number of hydrogen-bond donors (Lipinski definition) is 1. The lowest BCUT2D eigenvalue weighted by atomic mass is 10.1. The zero-order valence-corrected chi connectivity index (χ0v) is 22.5. The van der Waals surface area contributed by atoms with Crippen LogP contribution in [-0.2, 0) is 36.1 Å². The van der Waals surface area contributed by atoms with Crippen LogP contribution in [0.4, 0.5) is 5.69 Å². The van der Waals surface area contributed by atoms with E-state index in [9.17, 15) is 26.4 Å². The first kappa shape index (κ1) is 27.7. The second-order valence-corrected chi connectivity index (χ2v) is 12.4. The third-order valence-electron chi connectivity index (χ3n) is 6.09. The molecule has 13 heteroatoms. The number of benzene rings is 3. The molecule has 0 saturated carbocycles. The smallest absolute Gasteiger partial charge is 0.252 e. The second kappa shape index (κ2) is 10.8. The van der Waals surface area contributed by atoms with E-state index in [-0.39, 0.29) is 29.2 Å².